The summed E-state index contributed by atoms with van der Waals surface area (Å²) >= 11 is 3.35. The van der Waals surface area contributed by atoms with E-state index >= 15 is 0 Å². The van der Waals surface area contributed by atoms with Crippen molar-refractivity contribution in [3.63, 3.8) is 0 Å². The highest BCUT2D eigenvalue weighted by molar-refractivity contribution is 9.10. The van der Waals surface area contributed by atoms with Gasteiger partial charge in [-0.1, -0.05) is 0 Å². The van der Waals surface area contributed by atoms with Gasteiger partial charge in [-0.15, -0.1) is 0 Å². The molecule has 1 fully saturated rings. The average Bonchev–Trinajstić information content (AvgIpc) is 2.99. The lowest BCUT2D eigenvalue weighted by Gasteiger charge is -1.93. The topological polar surface area (TPSA) is 54.5 Å². The predicted molar refractivity (Wildman–Crippen MR) is 59.3 cm³/mol. The molecule has 0 atom stereocenters. The van der Waals surface area contributed by atoms with Gasteiger partial charge in [0.25, 0.3) is 0 Å². The second kappa shape index (κ2) is 3.41. The Morgan fingerprint density at radius 2 is 2.20 bits per heavy atom. The van der Waals surface area contributed by atoms with Crippen molar-refractivity contribution in [2.24, 2.45) is 0 Å². The van der Waals surface area contributed by atoms with Gasteiger partial charge in [0.15, 0.2) is 5.82 Å². The normalized spacial score (nSPS) is 15.5. The number of aromatic nitrogens is 4. The predicted octanol–water partition coefficient (Wildman–Crippen LogP) is 2.51. The molecule has 76 valence electrons. The highest BCUT2D eigenvalue weighted by Gasteiger charge is 2.27. The Bertz CT molecular complexity index is 472. The van der Waals surface area contributed by atoms with E-state index in [9.17, 15) is 0 Å². The first-order valence-electron chi connectivity index (χ1n) is 4.87. The molecule has 2 aromatic heterocycles. The van der Waals surface area contributed by atoms with Gasteiger partial charge in [-0.25, -0.2) is 4.98 Å². The Labute approximate surface area is 95.3 Å². The smallest absolute Gasteiger partial charge is 0.199 e. The van der Waals surface area contributed by atoms with Crippen LogP contribution >= 0.6 is 15.9 Å². The molecule has 3 rings (SSSR count). The maximum atomic E-state index is 4.43. The van der Waals surface area contributed by atoms with Gasteiger partial charge in [0.05, 0.1) is 0 Å². The van der Waals surface area contributed by atoms with Gasteiger partial charge >= 0.3 is 0 Å². The van der Waals surface area contributed by atoms with Crippen LogP contribution in [0.3, 0.4) is 0 Å². The van der Waals surface area contributed by atoms with Crippen LogP contribution in [0.5, 0.6) is 0 Å². The van der Waals surface area contributed by atoms with Crippen LogP contribution in [0.4, 0.5) is 0 Å². The lowest BCUT2D eigenvalue weighted by Crippen LogP contribution is -1.85. The largest absolute Gasteiger partial charge is 0.262 e. The van der Waals surface area contributed by atoms with Crippen LogP contribution in [0.2, 0.25) is 0 Å². The maximum Gasteiger partial charge on any atom is 0.199 e. The Morgan fingerprint density at radius 3 is 2.87 bits per heavy atom. The molecule has 1 N–H and O–H groups in total. The first kappa shape index (κ1) is 9.03. The SMILES string of the molecule is Brc1ccc(-c2n[nH]c(C3CC3)n2)nc1. The summed E-state index contributed by atoms with van der Waals surface area (Å²) in [5.41, 5.74) is 0.807. The molecule has 2 aromatic rings. The second-order valence-corrected chi connectivity index (χ2v) is 4.60. The molecule has 0 unspecified atom stereocenters. The summed E-state index contributed by atoms with van der Waals surface area (Å²) in [6, 6.07) is 3.85. The number of pyridine rings is 1. The molecule has 5 heteroatoms. The highest BCUT2D eigenvalue weighted by Crippen LogP contribution is 2.38. The molecule has 1 aliphatic carbocycles. The van der Waals surface area contributed by atoms with Gasteiger partial charge in [-0.3, -0.25) is 10.1 Å². The summed E-state index contributed by atoms with van der Waals surface area (Å²) in [7, 11) is 0. The summed E-state index contributed by atoms with van der Waals surface area (Å²) in [4.78, 5) is 8.68. The van der Waals surface area contributed by atoms with Crippen molar-refractivity contribution < 1.29 is 0 Å². The number of nitrogens with one attached hydrogen (secondary N) is 1. The van der Waals surface area contributed by atoms with Crippen LogP contribution in [0.1, 0.15) is 24.6 Å². The number of H-pyrrole nitrogens is 1. The van der Waals surface area contributed by atoms with Crippen LogP contribution < -0.4 is 0 Å². The second-order valence-electron chi connectivity index (χ2n) is 3.68. The minimum Gasteiger partial charge on any atom is -0.262 e. The van der Waals surface area contributed by atoms with Crippen LogP contribution in [0.25, 0.3) is 11.5 Å². The average molecular weight is 265 g/mol. The molecule has 0 aliphatic heterocycles. The molecular formula is C10H9BrN4. The zero-order valence-electron chi connectivity index (χ0n) is 7.94. The van der Waals surface area contributed by atoms with E-state index in [1.54, 1.807) is 6.20 Å². The lowest BCUT2D eigenvalue weighted by atomic mass is 10.3. The molecule has 0 amide bonds. The third-order valence-corrected chi connectivity index (χ3v) is 2.89. The van der Waals surface area contributed by atoms with Crippen molar-refractivity contribution in [1.29, 1.82) is 0 Å². The zero-order chi connectivity index (χ0) is 10.3. The number of halogens is 1. The van der Waals surface area contributed by atoms with Crippen LogP contribution in [-0.2, 0) is 0 Å². The fraction of sp³-hybridized carbons (Fsp3) is 0.300. The number of aromatic amines is 1. The van der Waals surface area contributed by atoms with Crippen molar-refractivity contribution in [2.45, 2.75) is 18.8 Å². The molecule has 1 aliphatic rings. The Morgan fingerprint density at radius 1 is 1.33 bits per heavy atom. The molecule has 0 saturated heterocycles. The Balaban J connectivity index is 1.93. The lowest BCUT2D eigenvalue weighted by molar-refractivity contribution is 0.935. The number of hydrogen-bond donors (Lipinski definition) is 1. The van der Waals surface area contributed by atoms with Crippen molar-refractivity contribution >= 4 is 15.9 Å². The molecule has 4 nitrogen and oxygen atoms in total. The van der Waals surface area contributed by atoms with Crippen molar-refractivity contribution in [1.82, 2.24) is 20.2 Å². The van der Waals surface area contributed by atoms with E-state index in [2.05, 4.69) is 36.1 Å². The zero-order valence-corrected chi connectivity index (χ0v) is 9.53. The standard InChI is InChI=1S/C10H9BrN4/c11-7-3-4-8(12-5-7)10-13-9(14-15-10)6-1-2-6/h3-6H,1-2H2,(H,13,14,15). The summed E-state index contributed by atoms with van der Waals surface area (Å²) in [6.07, 6.45) is 4.20. The highest BCUT2D eigenvalue weighted by atomic mass is 79.9. The summed E-state index contributed by atoms with van der Waals surface area (Å²) < 4.78 is 0.962. The maximum absolute atomic E-state index is 4.43. The molecule has 0 radical (unpaired) electrons. The third-order valence-electron chi connectivity index (χ3n) is 2.42. The Kier molecular flexibility index (Phi) is 2.05. The monoisotopic (exact) mass is 264 g/mol. The molecule has 2 heterocycles. The van der Waals surface area contributed by atoms with Gasteiger partial charge in [-0.2, -0.15) is 5.10 Å². The van der Waals surface area contributed by atoms with Crippen molar-refractivity contribution in [3.8, 4) is 11.5 Å². The quantitative estimate of drug-likeness (QED) is 0.907. The number of nitrogens with zero attached hydrogens (tertiary/aromatic N) is 3. The van der Waals surface area contributed by atoms with E-state index in [1.165, 1.54) is 12.8 Å². The summed E-state index contributed by atoms with van der Waals surface area (Å²) in [5.74, 6) is 2.28. The van der Waals surface area contributed by atoms with Gasteiger partial charge in [-0.05, 0) is 40.9 Å². The van der Waals surface area contributed by atoms with E-state index in [-0.39, 0.29) is 0 Å². The van der Waals surface area contributed by atoms with Crippen molar-refractivity contribution in [2.75, 3.05) is 0 Å². The van der Waals surface area contributed by atoms with Gasteiger partial charge in [0.2, 0.25) is 0 Å². The van der Waals surface area contributed by atoms with Crippen molar-refractivity contribution in [3.05, 3.63) is 28.6 Å². The molecule has 15 heavy (non-hydrogen) atoms. The number of hydrogen-bond acceptors (Lipinski definition) is 3. The number of rotatable bonds is 2. The summed E-state index contributed by atoms with van der Waals surface area (Å²) in [5, 5.41) is 7.13. The Hall–Kier alpha value is -1.23. The van der Waals surface area contributed by atoms with E-state index in [0.29, 0.717) is 11.7 Å². The minimum atomic E-state index is 0.599. The molecule has 0 bridgehead atoms. The van der Waals surface area contributed by atoms with E-state index < -0.39 is 0 Å². The molecular weight excluding hydrogens is 256 g/mol. The van der Waals surface area contributed by atoms with Crippen LogP contribution in [-0.4, -0.2) is 20.2 Å². The van der Waals surface area contributed by atoms with Crippen LogP contribution in [0.15, 0.2) is 22.8 Å². The molecule has 0 aromatic carbocycles. The van der Waals surface area contributed by atoms with Gasteiger partial charge < -0.3 is 0 Å². The fourth-order valence-electron chi connectivity index (χ4n) is 1.44. The first-order chi connectivity index (χ1) is 7.33. The minimum absolute atomic E-state index is 0.599. The third kappa shape index (κ3) is 1.79. The fourth-order valence-corrected chi connectivity index (χ4v) is 1.67. The van der Waals surface area contributed by atoms with Crippen LogP contribution in [0, 0.1) is 0 Å². The first-order valence-corrected chi connectivity index (χ1v) is 5.66. The van der Waals surface area contributed by atoms with E-state index in [1.807, 2.05) is 12.1 Å². The summed E-state index contributed by atoms with van der Waals surface area (Å²) in [6.45, 7) is 0. The van der Waals surface area contributed by atoms with E-state index in [0.717, 1.165) is 16.0 Å². The van der Waals surface area contributed by atoms with Gasteiger partial charge in [0.1, 0.15) is 11.5 Å². The van der Waals surface area contributed by atoms with Gasteiger partial charge in [0, 0.05) is 16.6 Å². The molecule has 0 spiro atoms. The molecule has 1 saturated carbocycles. The van der Waals surface area contributed by atoms with E-state index in [4.69, 9.17) is 0 Å².